The van der Waals surface area contributed by atoms with Gasteiger partial charge in [-0.25, -0.2) is 4.98 Å². The molecule has 0 amide bonds. The first-order valence-electron chi connectivity index (χ1n) is 7.02. The molecule has 100 valence electrons. The highest BCUT2D eigenvalue weighted by atomic mass is 15.3. The molecule has 2 saturated heterocycles. The van der Waals surface area contributed by atoms with Crippen molar-refractivity contribution in [3.05, 3.63) is 11.9 Å². The zero-order chi connectivity index (χ0) is 12.4. The summed E-state index contributed by atoms with van der Waals surface area (Å²) < 4.78 is 0. The zero-order valence-corrected chi connectivity index (χ0v) is 11.2. The predicted octanol–water partition coefficient (Wildman–Crippen LogP) is 0.629. The van der Waals surface area contributed by atoms with Crippen LogP contribution in [0.4, 0.5) is 5.95 Å². The second-order valence-electron chi connectivity index (χ2n) is 5.50. The molecule has 0 spiro atoms. The van der Waals surface area contributed by atoms with Crippen molar-refractivity contribution in [3.63, 3.8) is 0 Å². The fraction of sp³-hybridized carbons (Fsp3) is 0.769. The number of aromatic nitrogens is 2. The van der Waals surface area contributed by atoms with E-state index in [-0.39, 0.29) is 0 Å². The Morgan fingerprint density at radius 3 is 2.89 bits per heavy atom. The van der Waals surface area contributed by atoms with E-state index < -0.39 is 0 Å². The minimum Gasteiger partial charge on any atom is -0.340 e. The summed E-state index contributed by atoms with van der Waals surface area (Å²) in [4.78, 5) is 12.9. The van der Waals surface area contributed by atoms with Crippen molar-refractivity contribution >= 4 is 5.95 Å². The first-order chi connectivity index (χ1) is 8.83. The molecule has 5 heteroatoms. The van der Waals surface area contributed by atoms with Crippen LogP contribution < -0.4 is 10.2 Å². The third-order valence-electron chi connectivity index (χ3n) is 4.06. The SMILES string of the molecule is CN1CCCC(c2cnc(N3CCNCC3)[nH]2)C1. The number of likely N-dealkylation sites (tertiary alicyclic amines) is 1. The van der Waals surface area contributed by atoms with Crippen LogP contribution in [-0.4, -0.2) is 61.2 Å². The third-order valence-corrected chi connectivity index (χ3v) is 4.06. The van der Waals surface area contributed by atoms with Gasteiger partial charge in [0.1, 0.15) is 0 Å². The minimum absolute atomic E-state index is 0.632. The van der Waals surface area contributed by atoms with E-state index in [1.165, 1.54) is 25.1 Å². The van der Waals surface area contributed by atoms with Gasteiger partial charge in [-0.3, -0.25) is 0 Å². The highest BCUT2D eigenvalue weighted by molar-refractivity contribution is 5.33. The van der Waals surface area contributed by atoms with Crippen LogP contribution in [0.2, 0.25) is 0 Å². The molecule has 1 unspecified atom stereocenters. The number of anilines is 1. The predicted molar refractivity (Wildman–Crippen MR) is 73.1 cm³/mol. The van der Waals surface area contributed by atoms with E-state index in [0.717, 1.165) is 38.7 Å². The molecule has 2 N–H and O–H groups in total. The van der Waals surface area contributed by atoms with E-state index in [2.05, 4.69) is 32.1 Å². The Bertz CT molecular complexity index is 382. The number of piperidine rings is 1. The van der Waals surface area contributed by atoms with Gasteiger partial charge in [0.2, 0.25) is 5.95 Å². The normalized spacial score (nSPS) is 26.5. The number of rotatable bonds is 2. The number of imidazole rings is 1. The molecule has 2 fully saturated rings. The average molecular weight is 249 g/mol. The largest absolute Gasteiger partial charge is 0.340 e. The Hall–Kier alpha value is -1.07. The maximum Gasteiger partial charge on any atom is 0.203 e. The highest BCUT2D eigenvalue weighted by Gasteiger charge is 2.22. The monoisotopic (exact) mass is 249 g/mol. The van der Waals surface area contributed by atoms with Crippen molar-refractivity contribution in [2.45, 2.75) is 18.8 Å². The molecule has 1 atom stereocenters. The van der Waals surface area contributed by atoms with E-state index in [1.54, 1.807) is 0 Å². The Morgan fingerprint density at radius 2 is 2.11 bits per heavy atom. The van der Waals surface area contributed by atoms with Gasteiger partial charge in [-0.05, 0) is 26.4 Å². The van der Waals surface area contributed by atoms with E-state index in [9.17, 15) is 0 Å². The van der Waals surface area contributed by atoms with Gasteiger partial charge in [0, 0.05) is 44.3 Å². The molecular formula is C13H23N5. The summed E-state index contributed by atoms with van der Waals surface area (Å²) in [7, 11) is 2.21. The van der Waals surface area contributed by atoms with Crippen LogP contribution in [0.3, 0.4) is 0 Å². The van der Waals surface area contributed by atoms with Gasteiger partial charge in [0.15, 0.2) is 0 Å². The second kappa shape index (κ2) is 5.28. The molecule has 1 aromatic heterocycles. The van der Waals surface area contributed by atoms with Crippen LogP contribution in [0.15, 0.2) is 6.20 Å². The molecule has 0 aromatic carbocycles. The zero-order valence-electron chi connectivity index (χ0n) is 11.2. The summed E-state index contributed by atoms with van der Waals surface area (Å²) in [5.74, 6) is 1.69. The molecular weight excluding hydrogens is 226 g/mol. The van der Waals surface area contributed by atoms with Gasteiger partial charge >= 0.3 is 0 Å². The van der Waals surface area contributed by atoms with Crippen molar-refractivity contribution in [1.82, 2.24) is 20.2 Å². The molecule has 1 aromatic rings. The van der Waals surface area contributed by atoms with Crippen LogP contribution >= 0.6 is 0 Å². The third kappa shape index (κ3) is 2.52. The van der Waals surface area contributed by atoms with Gasteiger partial charge in [-0.15, -0.1) is 0 Å². The first kappa shape index (κ1) is 12.0. The Morgan fingerprint density at radius 1 is 1.28 bits per heavy atom. The fourth-order valence-electron chi connectivity index (χ4n) is 2.99. The summed E-state index contributed by atoms with van der Waals surface area (Å²) >= 11 is 0. The smallest absolute Gasteiger partial charge is 0.203 e. The molecule has 0 radical (unpaired) electrons. The molecule has 0 saturated carbocycles. The lowest BCUT2D eigenvalue weighted by molar-refractivity contribution is 0.249. The molecule has 0 aliphatic carbocycles. The topological polar surface area (TPSA) is 47.2 Å². The van der Waals surface area contributed by atoms with Crippen molar-refractivity contribution < 1.29 is 0 Å². The summed E-state index contributed by atoms with van der Waals surface area (Å²) in [6.45, 7) is 6.61. The van der Waals surface area contributed by atoms with Crippen LogP contribution in [0.25, 0.3) is 0 Å². The van der Waals surface area contributed by atoms with Gasteiger partial charge in [-0.2, -0.15) is 0 Å². The molecule has 5 nitrogen and oxygen atoms in total. The quantitative estimate of drug-likeness (QED) is 0.807. The van der Waals surface area contributed by atoms with Gasteiger partial charge in [0.05, 0.1) is 6.20 Å². The Kier molecular flexibility index (Phi) is 3.52. The maximum absolute atomic E-state index is 4.56. The van der Waals surface area contributed by atoms with E-state index in [4.69, 9.17) is 0 Å². The van der Waals surface area contributed by atoms with Crippen LogP contribution in [0, 0.1) is 0 Å². The van der Waals surface area contributed by atoms with Crippen LogP contribution in [0.5, 0.6) is 0 Å². The van der Waals surface area contributed by atoms with E-state index in [1.807, 2.05) is 6.20 Å². The number of H-pyrrole nitrogens is 1. The number of piperazine rings is 1. The van der Waals surface area contributed by atoms with Crippen LogP contribution in [0.1, 0.15) is 24.5 Å². The maximum atomic E-state index is 4.56. The summed E-state index contributed by atoms with van der Waals surface area (Å²) in [5, 5.41) is 3.37. The van der Waals surface area contributed by atoms with E-state index >= 15 is 0 Å². The van der Waals surface area contributed by atoms with Crippen molar-refractivity contribution in [3.8, 4) is 0 Å². The highest BCUT2D eigenvalue weighted by Crippen LogP contribution is 2.26. The minimum atomic E-state index is 0.632. The summed E-state index contributed by atoms with van der Waals surface area (Å²) in [6.07, 6.45) is 4.62. The Labute approximate surface area is 109 Å². The number of likely N-dealkylation sites (N-methyl/N-ethyl adjacent to an activating group) is 1. The standard InChI is InChI=1S/C13H23N5/c1-17-6-2-3-11(10-17)12-9-15-13(16-12)18-7-4-14-5-8-18/h9,11,14H,2-8,10H2,1H3,(H,15,16). The van der Waals surface area contributed by atoms with Crippen molar-refractivity contribution in [2.24, 2.45) is 0 Å². The van der Waals surface area contributed by atoms with Crippen LogP contribution in [-0.2, 0) is 0 Å². The second-order valence-corrected chi connectivity index (χ2v) is 5.50. The molecule has 0 bridgehead atoms. The summed E-state index contributed by atoms with van der Waals surface area (Å²) in [5.41, 5.74) is 1.31. The lowest BCUT2D eigenvalue weighted by Gasteiger charge is -2.29. The van der Waals surface area contributed by atoms with Gasteiger partial charge < -0.3 is 20.1 Å². The average Bonchev–Trinajstić information content (AvgIpc) is 2.89. The fourth-order valence-corrected chi connectivity index (χ4v) is 2.99. The summed E-state index contributed by atoms with van der Waals surface area (Å²) in [6, 6.07) is 0. The molecule has 3 rings (SSSR count). The number of aromatic amines is 1. The number of nitrogens with one attached hydrogen (secondary N) is 2. The van der Waals surface area contributed by atoms with E-state index in [0.29, 0.717) is 5.92 Å². The number of hydrogen-bond donors (Lipinski definition) is 2. The van der Waals surface area contributed by atoms with Gasteiger partial charge in [0.25, 0.3) is 0 Å². The molecule has 2 aliphatic rings. The lowest BCUT2D eigenvalue weighted by atomic mass is 9.96. The molecule has 3 heterocycles. The number of hydrogen-bond acceptors (Lipinski definition) is 4. The van der Waals surface area contributed by atoms with Crippen molar-refractivity contribution in [1.29, 1.82) is 0 Å². The molecule has 18 heavy (non-hydrogen) atoms. The van der Waals surface area contributed by atoms with Crippen molar-refractivity contribution in [2.75, 3.05) is 51.2 Å². The lowest BCUT2D eigenvalue weighted by Crippen LogP contribution is -2.44. The molecule has 2 aliphatic heterocycles. The first-order valence-corrected chi connectivity index (χ1v) is 7.02. The number of nitrogens with zero attached hydrogens (tertiary/aromatic N) is 3. The Balaban J connectivity index is 1.68. The van der Waals surface area contributed by atoms with Gasteiger partial charge in [-0.1, -0.05) is 0 Å².